The van der Waals surface area contributed by atoms with Crippen molar-refractivity contribution < 1.29 is 4.79 Å². The molecule has 0 saturated carbocycles. The van der Waals surface area contributed by atoms with Crippen LogP contribution in [0.25, 0.3) is 0 Å². The summed E-state index contributed by atoms with van der Waals surface area (Å²) in [5.74, 6) is -0.390. The first-order chi connectivity index (χ1) is 6.11. The van der Waals surface area contributed by atoms with Crippen LogP contribution in [0.3, 0.4) is 0 Å². The van der Waals surface area contributed by atoms with Crippen LogP contribution in [0.15, 0.2) is 23.3 Å². The van der Waals surface area contributed by atoms with E-state index in [1.807, 2.05) is 0 Å². The molecule has 0 aromatic carbocycles. The molecule has 0 saturated heterocycles. The summed E-state index contributed by atoms with van der Waals surface area (Å²) in [4.78, 5) is 24.9. The first-order valence-electron chi connectivity index (χ1n) is 3.73. The molecule has 13 heavy (non-hydrogen) atoms. The largest absolute Gasteiger partial charge is 0.366 e. The fourth-order valence-electron chi connectivity index (χ4n) is 0.746. The molecule has 5 heteroatoms. The average molecular weight is 201 g/mol. The number of carbonyl (C=O) groups is 1. The lowest BCUT2D eigenvalue weighted by Gasteiger charge is -2.04. The van der Waals surface area contributed by atoms with Crippen molar-refractivity contribution in [3.05, 3.63) is 28.7 Å². The maximum Gasteiger partial charge on any atom is 0.242 e. The summed E-state index contributed by atoms with van der Waals surface area (Å²) in [6.45, 7) is 1.54. The molecule has 4 nitrogen and oxygen atoms in total. The van der Waals surface area contributed by atoms with E-state index < -0.39 is 11.3 Å². The lowest BCUT2D eigenvalue weighted by atomic mass is 10.3. The molecule has 1 amide bonds. The summed E-state index contributed by atoms with van der Waals surface area (Å²) in [7, 11) is 0. The molecule has 0 aliphatic heterocycles. The molecule has 0 bridgehead atoms. The maximum atomic E-state index is 11.1. The number of aromatic amines is 1. The maximum absolute atomic E-state index is 11.1. The van der Waals surface area contributed by atoms with Gasteiger partial charge < -0.3 is 10.3 Å². The zero-order valence-electron chi connectivity index (χ0n) is 7.00. The summed E-state index contributed by atoms with van der Waals surface area (Å²) in [6.07, 6.45) is 2.90. The van der Waals surface area contributed by atoms with E-state index in [1.54, 1.807) is 0 Å². The number of aromatic nitrogens is 1. The Hall–Kier alpha value is -1.29. The van der Waals surface area contributed by atoms with Gasteiger partial charge in [-0.2, -0.15) is 0 Å². The minimum Gasteiger partial charge on any atom is -0.366 e. The first kappa shape index (κ1) is 9.80. The second kappa shape index (κ2) is 4.09. The van der Waals surface area contributed by atoms with Crippen LogP contribution < -0.4 is 10.7 Å². The lowest BCUT2D eigenvalue weighted by Crippen LogP contribution is -2.23. The number of nitrogens with one attached hydrogen (secondary N) is 2. The predicted octanol–water partition coefficient (Wildman–Crippen LogP) is 0.941. The third-order valence-electron chi connectivity index (χ3n) is 1.44. The van der Waals surface area contributed by atoms with E-state index in [1.165, 1.54) is 25.4 Å². The highest BCUT2D eigenvalue weighted by molar-refractivity contribution is 6.32. The van der Waals surface area contributed by atoms with Gasteiger partial charge in [-0.05, 0) is 6.92 Å². The van der Waals surface area contributed by atoms with E-state index in [4.69, 9.17) is 11.6 Å². The van der Waals surface area contributed by atoms with E-state index >= 15 is 0 Å². The zero-order chi connectivity index (χ0) is 9.84. The standard InChI is InChI=1S/C8H9ClN2O2/c1-5(9)8(13)11-6-4-10-3-2-7(6)12/h2-5H,1H3,(H,10,12)(H,11,13). The van der Waals surface area contributed by atoms with Crippen molar-refractivity contribution in [1.29, 1.82) is 0 Å². The van der Waals surface area contributed by atoms with Crippen LogP contribution in [0.1, 0.15) is 6.92 Å². The number of halogens is 1. The fourth-order valence-corrected chi connectivity index (χ4v) is 0.801. The number of pyridine rings is 1. The van der Waals surface area contributed by atoms with Gasteiger partial charge in [-0.15, -0.1) is 11.6 Å². The van der Waals surface area contributed by atoms with E-state index in [9.17, 15) is 9.59 Å². The first-order valence-corrected chi connectivity index (χ1v) is 4.17. The summed E-state index contributed by atoms with van der Waals surface area (Å²) < 4.78 is 0. The smallest absolute Gasteiger partial charge is 0.242 e. The van der Waals surface area contributed by atoms with Crippen LogP contribution in [0.5, 0.6) is 0 Å². The Balaban J connectivity index is 2.81. The molecule has 0 aliphatic carbocycles. The van der Waals surface area contributed by atoms with E-state index in [2.05, 4.69) is 10.3 Å². The molecule has 0 radical (unpaired) electrons. The molecule has 0 aliphatic rings. The van der Waals surface area contributed by atoms with E-state index in [0.29, 0.717) is 0 Å². The molecule has 0 spiro atoms. The topological polar surface area (TPSA) is 62.0 Å². The number of H-pyrrole nitrogens is 1. The Morgan fingerprint density at radius 2 is 2.38 bits per heavy atom. The second-order valence-electron chi connectivity index (χ2n) is 2.53. The predicted molar refractivity (Wildman–Crippen MR) is 51.0 cm³/mol. The van der Waals surface area contributed by atoms with Crippen molar-refractivity contribution in [1.82, 2.24) is 4.98 Å². The number of carbonyl (C=O) groups excluding carboxylic acids is 1. The molecule has 1 aromatic heterocycles. The zero-order valence-corrected chi connectivity index (χ0v) is 7.76. The average Bonchev–Trinajstić information content (AvgIpc) is 2.08. The summed E-state index contributed by atoms with van der Waals surface area (Å²) in [6, 6.07) is 1.33. The molecular formula is C8H9ClN2O2. The van der Waals surface area contributed by atoms with Gasteiger partial charge in [0.15, 0.2) is 0 Å². The van der Waals surface area contributed by atoms with Gasteiger partial charge in [0, 0.05) is 18.5 Å². The summed E-state index contributed by atoms with van der Waals surface area (Å²) in [5, 5.41) is 1.74. The Morgan fingerprint density at radius 3 is 2.92 bits per heavy atom. The Morgan fingerprint density at radius 1 is 1.69 bits per heavy atom. The van der Waals surface area contributed by atoms with Gasteiger partial charge in [-0.25, -0.2) is 0 Å². The van der Waals surface area contributed by atoms with Crippen LogP contribution >= 0.6 is 11.6 Å². The summed E-state index contributed by atoms with van der Waals surface area (Å²) in [5.41, 5.74) is -0.0376. The van der Waals surface area contributed by atoms with Gasteiger partial charge in [-0.1, -0.05) is 0 Å². The van der Waals surface area contributed by atoms with Crippen LogP contribution in [-0.4, -0.2) is 16.3 Å². The molecule has 1 rings (SSSR count). The van der Waals surface area contributed by atoms with Gasteiger partial charge in [0.1, 0.15) is 11.1 Å². The SMILES string of the molecule is CC(Cl)C(=O)Nc1c[nH]ccc1=O. The van der Waals surface area contributed by atoms with Crippen molar-refractivity contribution in [2.24, 2.45) is 0 Å². The molecule has 1 atom stereocenters. The Labute approximate surface area is 79.9 Å². The van der Waals surface area contributed by atoms with Crippen molar-refractivity contribution >= 4 is 23.2 Å². The van der Waals surface area contributed by atoms with E-state index in [-0.39, 0.29) is 11.1 Å². The van der Waals surface area contributed by atoms with Crippen LogP contribution in [0, 0.1) is 0 Å². The van der Waals surface area contributed by atoms with Crippen molar-refractivity contribution in [2.75, 3.05) is 5.32 Å². The van der Waals surface area contributed by atoms with Crippen LogP contribution in [0.2, 0.25) is 0 Å². The number of amides is 1. The van der Waals surface area contributed by atoms with Crippen molar-refractivity contribution in [3.63, 3.8) is 0 Å². The molecule has 1 unspecified atom stereocenters. The number of rotatable bonds is 2. The van der Waals surface area contributed by atoms with Crippen molar-refractivity contribution in [2.45, 2.75) is 12.3 Å². The number of alkyl halides is 1. The van der Waals surface area contributed by atoms with Gasteiger partial charge in [0.2, 0.25) is 11.3 Å². The lowest BCUT2D eigenvalue weighted by molar-refractivity contribution is -0.115. The number of hydrogen-bond acceptors (Lipinski definition) is 2. The number of anilines is 1. The number of hydrogen-bond donors (Lipinski definition) is 2. The normalized spacial score (nSPS) is 12.2. The minimum atomic E-state index is -0.653. The molecular weight excluding hydrogens is 192 g/mol. The molecule has 70 valence electrons. The highest BCUT2D eigenvalue weighted by Gasteiger charge is 2.10. The van der Waals surface area contributed by atoms with Crippen LogP contribution in [0.4, 0.5) is 5.69 Å². The Kier molecular flexibility index (Phi) is 3.08. The third-order valence-corrected chi connectivity index (χ3v) is 1.64. The Bertz CT molecular complexity index is 359. The van der Waals surface area contributed by atoms with E-state index in [0.717, 1.165) is 0 Å². The second-order valence-corrected chi connectivity index (χ2v) is 3.18. The molecule has 2 N–H and O–H groups in total. The van der Waals surface area contributed by atoms with Gasteiger partial charge in [-0.3, -0.25) is 9.59 Å². The minimum absolute atomic E-state index is 0.208. The monoisotopic (exact) mass is 200 g/mol. The van der Waals surface area contributed by atoms with Crippen LogP contribution in [-0.2, 0) is 4.79 Å². The quantitative estimate of drug-likeness (QED) is 0.698. The highest BCUT2D eigenvalue weighted by Crippen LogP contribution is 2.00. The van der Waals surface area contributed by atoms with Gasteiger partial charge >= 0.3 is 0 Å². The van der Waals surface area contributed by atoms with Gasteiger partial charge in [0.05, 0.1) is 0 Å². The fraction of sp³-hybridized carbons (Fsp3) is 0.250. The highest BCUT2D eigenvalue weighted by atomic mass is 35.5. The van der Waals surface area contributed by atoms with Gasteiger partial charge in [0.25, 0.3) is 0 Å². The molecule has 0 fully saturated rings. The molecule has 1 heterocycles. The van der Waals surface area contributed by atoms with Crippen molar-refractivity contribution in [3.8, 4) is 0 Å². The molecule has 1 aromatic rings. The third kappa shape index (κ3) is 2.59. The summed E-state index contributed by atoms with van der Waals surface area (Å²) >= 11 is 5.51.